The van der Waals surface area contributed by atoms with E-state index in [0.717, 1.165) is 15.4 Å². The van der Waals surface area contributed by atoms with Crippen molar-refractivity contribution in [2.45, 2.75) is 31.7 Å². The quantitative estimate of drug-likeness (QED) is 0.554. The van der Waals surface area contributed by atoms with Gasteiger partial charge in [-0.3, -0.25) is 19.7 Å². The van der Waals surface area contributed by atoms with Crippen molar-refractivity contribution in [3.8, 4) is 11.3 Å². The van der Waals surface area contributed by atoms with E-state index < -0.39 is 5.92 Å². The maximum Gasteiger partial charge on any atom is 0.252 e. The minimum Gasteiger partial charge on any atom is -0.350 e. The lowest BCUT2D eigenvalue weighted by molar-refractivity contribution is -0.0629. The van der Waals surface area contributed by atoms with E-state index in [2.05, 4.69) is 20.3 Å². The first-order chi connectivity index (χ1) is 15.3. The van der Waals surface area contributed by atoms with Crippen LogP contribution in [0, 0.1) is 6.92 Å². The summed E-state index contributed by atoms with van der Waals surface area (Å²) in [6.45, 7) is 2.67. The van der Waals surface area contributed by atoms with Crippen LogP contribution in [0.3, 0.4) is 0 Å². The second-order valence-electron chi connectivity index (χ2n) is 7.68. The number of aryl methyl sites for hydroxylation is 1. The summed E-state index contributed by atoms with van der Waals surface area (Å²) in [4.78, 5) is 28.5. The minimum absolute atomic E-state index is 0.193. The average Bonchev–Trinajstić information content (AvgIpc) is 3.21. The molecule has 1 aliphatic heterocycles. The smallest absolute Gasteiger partial charge is 0.252 e. The van der Waals surface area contributed by atoms with E-state index in [-0.39, 0.29) is 44.4 Å². The Morgan fingerprint density at radius 3 is 2.69 bits per heavy atom. The lowest BCUT2D eigenvalue weighted by Gasteiger charge is -2.37. The number of aromatic nitrogens is 3. The maximum atomic E-state index is 13.7. The first kappa shape index (κ1) is 22.7. The zero-order valence-corrected chi connectivity index (χ0v) is 19.0. The van der Waals surface area contributed by atoms with Gasteiger partial charge < -0.3 is 5.32 Å². The van der Waals surface area contributed by atoms with Gasteiger partial charge in [-0.15, -0.1) is 11.3 Å². The van der Waals surface area contributed by atoms with Crippen molar-refractivity contribution < 1.29 is 13.6 Å². The van der Waals surface area contributed by atoms with Crippen LogP contribution < -0.4 is 5.32 Å². The molecule has 1 aliphatic rings. The van der Waals surface area contributed by atoms with Crippen molar-refractivity contribution in [1.29, 1.82) is 0 Å². The van der Waals surface area contributed by atoms with Crippen LogP contribution in [0.1, 0.15) is 39.1 Å². The molecular formula is C22H22ClF2N5OS. The molecular weight excluding hydrogens is 456 g/mol. The summed E-state index contributed by atoms with van der Waals surface area (Å²) in [5.41, 5.74) is 1.67. The van der Waals surface area contributed by atoms with Gasteiger partial charge in [-0.25, -0.2) is 13.8 Å². The van der Waals surface area contributed by atoms with E-state index in [1.165, 1.54) is 11.3 Å². The van der Waals surface area contributed by atoms with E-state index in [9.17, 15) is 13.6 Å². The highest BCUT2D eigenvalue weighted by Gasteiger charge is 2.37. The third-order valence-electron chi connectivity index (χ3n) is 5.46. The molecule has 2 aromatic heterocycles. The Kier molecular flexibility index (Phi) is 6.78. The van der Waals surface area contributed by atoms with Gasteiger partial charge in [0.25, 0.3) is 11.8 Å². The standard InChI is InChI=1S/C22H22ClF2N5OS/c1-14-28-13-20(32-14)19(30-8-4-22(24,25)5-9-30)12-29-21(31)16-10-15(2-3-17(16)23)18-11-26-6-7-27-18/h2-3,6-7,10-11,13,19H,4-5,8-9,12H2,1H3,(H,29,31). The predicted octanol–water partition coefficient (Wildman–Crippen LogP) is 4.76. The monoisotopic (exact) mass is 477 g/mol. The van der Waals surface area contributed by atoms with Gasteiger partial charge in [0, 0.05) is 61.5 Å². The van der Waals surface area contributed by atoms with Crippen LogP contribution in [0.2, 0.25) is 5.02 Å². The van der Waals surface area contributed by atoms with Gasteiger partial charge >= 0.3 is 0 Å². The molecule has 0 radical (unpaired) electrons. The Labute approximate surface area is 193 Å². The summed E-state index contributed by atoms with van der Waals surface area (Å²) in [6, 6.07) is 4.87. The number of nitrogens with one attached hydrogen (secondary N) is 1. The van der Waals surface area contributed by atoms with Gasteiger partial charge in [0.1, 0.15) is 0 Å². The van der Waals surface area contributed by atoms with E-state index in [0.29, 0.717) is 16.3 Å². The molecule has 1 N–H and O–H groups in total. The molecule has 0 spiro atoms. The van der Waals surface area contributed by atoms with Gasteiger partial charge in [0.15, 0.2) is 0 Å². The highest BCUT2D eigenvalue weighted by atomic mass is 35.5. The molecule has 1 saturated heterocycles. The first-order valence-corrected chi connectivity index (χ1v) is 11.4. The Morgan fingerprint density at radius 1 is 1.25 bits per heavy atom. The molecule has 168 valence electrons. The fourth-order valence-electron chi connectivity index (χ4n) is 3.70. The number of alkyl halides is 2. The molecule has 0 bridgehead atoms. The second kappa shape index (κ2) is 9.56. The Balaban J connectivity index is 1.51. The fourth-order valence-corrected chi connectivity index (χ4v) is 4.82. The molecule has 1 amide bonds. The van der Waals surface area contributed by atoms with E-state index >= 15 is 0 Å². The molecule has 10 heteroatoms. The van der Waals surface area contributed by atoms with Crippen LogP contribution in [0.4, 0.5) is 8.78 Å². The SMILES string of the molecule is Cc1ncc(C(CNC(=O)c2cc(-c3cnccn3)ccc2Cl)N2CCC(F)(F)CC2)s1. The molecule has 0 aliphatic carbocycles. The fraction of sp³-hybridized carbons (Fsp3) is 0.364. The number of hydrogen-bond acceptors (Lipinski definition) is 6. The third-order valence-corrected chi connectivity index (χ3v) is 6.81. The number of benzene rings is 1. The Hall–Kier alpha value is -2.49. The van der Waals surface area contributed by atoms with Gasteiger partial charge in [-0.1, -0.05) is 17.7 Å². The van der Waals surface area contributed by atoms with Crippen molar-refractivity contribution in [2.24, 2.45) is 0 Å². The molecule has 6 nitrogen and oxygen atoms in total. The van der Waals surface area contributed by atoms with Crippen molar-refractivity contribution in [2.75, 3.05) is 19.6 Å². The third kappa shape index (κ3) is 5.28. The van der Waals surface area contributed by atoms with E-state index in [1.807, 2.05) is 11.8 Å². The normalized spacial score (nSPS) is 17.1. The number of likely N-dealkylation sites (tertiary alicyclic amines) is 1. The van der Waals surface area contributed by atoms with Crippen molar-refractivity contribution in [3.63, 3.8) is 0 Å². The number of amides is 1. The number of carbonyl (C=O) groups excluding carboxylic acids is 1. The summed E-state index contributed by atoms with van der Waals surface area (Å²) >= 11 is 7.80. The summed E-state index contributed by atoms with van der Waals surface area (Å²) in [7, 11) is 0. The summed E-state index contributed by atoms with van der Waals surface area (Å²) in [5.74, 6) is -2.98. The van der Waals surface area contributed by atoms with E-state index in [4.69, 9.17) is 11.6 Å². The van der Waals surface area contributed by atoms with Crippen molar-refractivity contribution in [1.82, 2.24) is 25.2 Å². The topological polar surface area (TPSA) is 71.0 Å². The summed E-state index contributed by atoms with van der Waals surface area (Å²) in [6.07, 6.45) is 6.13. The van der Waals surface area contributed by atoms with Gasteiger partial charge in [0.05, 0.1) is 33.5 Å². The van der Waals surface area contributed by atoms with Crippen LogP contribution in [-0.2, 0) is 0 Å². The molecule has 1 unspecified atom stereocenters. The van der Waals surface area contributed by atoms with Gasteiger partial charge in [0.2, 0.25) is 0 Å². The number of carbonyl (C=O) groups is 1. The maximum absolute atomic E-state index is 13.7. The van der Waals surface area contributed by atoms with Crippen LogP contribution in [-0.4, -0.2) is 51.3 Å². The van der Waals surface area contributed by atoms with Gasteiger partial charge in [-0.2, -0.15) is 0 Å². The minimum atomic E-state index is -2.64. The lowest BCUT2D eigenvalue weighted by Crippen LogP contribution is -2.44. The molecule has 0 saturated carbocycles. The van der Waals surface area contributed by atoms with Crippen LogP contribution in [0.25, 0.3) is 11.3 Å². The molecule has 1 atom stereocenters. The number of nitrogens with zero attached hydrogens (tertiary/aromatic N) is 4. The number of halogens is 3. The largest absolute Gasteiger partial charge is 0.350 e. The number of thiazole rings is 1. The zero-order chi connectivity index (χ0) is 22.7. The number of hydrogen-bond donors (Lipinski definition) is 1. The number of piperidine rings is 1. The molecule has 3 aromatic rings. The number of rotatable bonds is 6. The average molecular weight is 478 g/mol. The molecule has 32 heavy (non-hydrogen) atoms. The highest BCUT2D eigenvalue weighted by Crippen LogP contribution is 2.34. The summed E-state index contributed by atoms with van der Waals surface area (Å²) < 4.78 is 27.4. The molecule has 3 heterocycles. The highest BCUT2D eigenvalue weighted by molar-refractivity contribution is 7.11. The van der Waals surface area contributed by atoms with Gasteiger partial charge in [-0.05, 0) is 19.1 Å². The van der Waals surface area contributed by atoms with Crippen LogP contribution in [0.5, 0.6) is 0 Å². The zero-order valence-electron chi connectivity index (χ0n) is 17.4. The molecule has 1 fully saturated rings. The molecule has 1 aromatic carbocycles. The first-order valence-electron chi connectivity index (χ1n) is 10.2. The van der Waals surface area contributed by atoms with E-state index in [1.54, 1.807) is 43.0 Å². The summed E-state index contributed by atoms with van der Waals surface area (Å²) in [5, 5.41) is 4.14. The lowest BCUT2D eigenvalue weighted by atomic mass is 10.0. The Morgan fingerprint density at radius 2 is 2.03 bits per heavy atom. The van der Waals surface area contributed by atoms with Crippen LogP contribution >= 0.6 is 22.9 Å². The predicted molar refractivity (Wildman–Crippen MR) is 120 cm³/mol. The second-order valence-corrected chi connectivity index (χ2v) is 9.36. The Bertz CT molecular complexity index is 1080. The van der Waals surface area contributed by atoms with Crippen molar-refractivity contribution in [3.05, 3.63) is 63.5 Å². The molecule has 4 rings (SSSR count). The van der Waals surface area contributed by atoms with Crippen molar-refractivity contribution >= 4 is 28.8 Å². The van der Waals surface area contributed by atoms with Crippen LogP contribution in [0.15, 0.2) is 43.0 Å².